The Morgan fingerprint density at radius 3 is 2.58 bits per heavy atom. The molecule has 33 heavy (non-hydrogen) atoms. The number of anilines is 2. The summed E-state index contributed by atoms with van der Waals surface area (Å²) in [6.45, 7) is 2.07. The van der Waals surface area contributed by atoms with Gasteiger partial charge >= 0.3 is 5.56 Å². The molecular weight excluding hydrogens is 428 g/mol. The van der Waals surface area contributed by atoms with Crippen LogP contribution in [-0.2, 0) is 16.1 Å². The quantitative estimate of drug-likeness (QED) is 0.266. The van der Waals surface area contributed by atoms with Crippen molar-refractivity contribution in [3.63, 3.8) is 0 Å². The summed E-state index contributed by atoms with van der Waals surface area (Å²) in [4.78, 5) is 61.2. The first-order valence-electron chi connectivity index (χ1n) is 10.2. The number of hydrogen-bond acceptors (Lipinski definition) is 9. The van der Waals surface area contributed by atoms with Crippen molar-refractivity contribution in [3.8, 4) is 0 Å². The zero-order valence-electron chi connectivity index (χ0n) is 18.0. The minimum Gasteiger partial charge on any atom is -0.379 e. The lowest BCUT2D eigenvalue weighted by Crippen LogP contribution is -2.30. The molecule has 0 unspecified atom stereocenters. The highest BCUT2D eigenvalue weighted by Crippen LogP contribution is 2.11. The van der Waals surface area contributed by atoms with E-state index in [1.54, 1.807) is 24.3 Å². The number of rotatable bonds is 10. The van der Waals surface area contributed by atoms with Gasteiger partial charge in [0.2, 0.25) is 11.9 Å². The Bertz CT molecular complexity index is 1220. The van der Waals surface area contributed by atoms with Gasteiger partial charge in [-0.05, 0) is 37.6 Å². The number of nitrogens with one attached hydrogen (secondary N) is 4. The van der Waals surface area contributed by atoms with Gasteiger partial charge in [-0.1, -0.05) is 0 Å². The molecule has 0 aliphatic carbocycles. The Morgan fingerprint density at radius 2 is 1.85 bits per heavy atom. The number of aromatic nitrogens is 4. The van der Waals surface area contributed by atoms with Crippen molar-refractivity contribution in [2.45, 2.75) is 26.3 Å². The molecule has 2 aromatic heterocycles. The lowest BCUT2D eigenvalue weighted by atomic mass is 10.2. The molecule has 0 aliphatic rings. The summed E-state index contributed by atoms with van der Waals surface area (Å²) < 4.78 is 0. The maximum absolute atomic E-state index is 12.2. The van der Waals surface area contributed by atoms with Crippen molar-refractivity contribution in [1.82, 2.24) is 30.6 Å². The number of amides is 2. The third-order valence-electron chi connectivity index (χ3n) is 4.51. The first-order valence-corrected chi connectivity index (χ1v) is 10.2. The molecule has 0 fully saturated rings. The van der Waals surface area contributed by atoms with E-state index in [1.165, 1.54) is 13.1 Å². The van der Waals surface area contributed by atoms with Crippen LogP contribution in [0.15, 0.2) is 35.3 Å². The standard InChI is InChI=1S/C21H24N8O4/c1-12(30)9-25-16(31)3-2-8-23-19(32)13-4-6-14(7-5-13)24-10-15-11-26-18-17(27-15)20(33)29-21(22)28-18/h4-7,11,24H,2-3,8-10H2,1H3,(H,23,32)(H,25,31)(H3,22,26,28,29,33). The third-order valence-corrected chi connectivity index (χ3v) is 4.51. The highest BCUT2D eigenvalue weighted by Gasteiger charge is 2.08. The van der Waals surface area contributed by atoms with Crippen molar-refractivity contribution in [3.05, 3.63) is 52.1 Å². The summed E-state index contributed by atoms with van der Waals surface area (Å²) >= 11 is 0. The number of ketones is 1. The molecule has 0 bridgehead atoms. The Hall–Kier alpha value is -4.35. The number of H-pyrrole nitrogens is 1. The van der Waals surface area contributed by atoms with E-state index >= 15 is 0 Å². The predicted octanol–water partition coefficient (Wildman–Crippen LogP) is 0.123. The fraction of sp³-hybridized carbons (Fsp3) is 0.286. The normalized spacial score (nSPS) is 10.6. The number of carbonyl (C=O) groups is 3. The van der Waals surface area contributed by atoms with E-state index in [-0.39, 0.29) is 47.7 Å². The van der Waals surface area contributed by atoms with E-state index in [9.17, 15) is 19.2 Å². The first-order chi connectivity index (χ1) is 15.8. The third kappa shape index (κ3) is 6.82. The minimum absolute atomic E-state index is 0.0175. The summed E-state index contributed by atoms with van der Waals surface area (Å²) in [5.74, 6) is -0.613. The predicted molar refractivity (Wildman–Crippen MR) is 121 cm³/mol. The fourth-order valence-corrected chi connectivity index (χ4v) is 2.86. The van der Waals surface area contributed by atoms with E-state index < -0.39 is 5.56 Å². The average molecular weight is 452 g/mol. The van der Waals surface area contributed by atoms with Crippen LogP contribution in [0.25, 0.3) is 11.2 Å². The lowest BCUT2D eigenvalue weighted by Gasteiger charge is -2.08. The van der Waals surface area contributed by atoms with Crippen molar-refractivity contribution in [2.75, 3.05) is 24.1 Å². The highest BCUT2D eigenvalue weighted by atomic mass is 16.2. The Balaban J connectivity index is 1.46. The molecule has 0 aliphatic heterocycles. The molecule has 0 saturated carbocycles. The summed E-state index contributed by atoms with van der Waals surface area (Å²) in [5.41, 5.74) is 7.07. The van der Waals surface area contributed by atoms with Gasteiger partial charge in [0, 0.05) is 24.2 Å². The first kappa shape index (κ1) is 23.3. The van der Waals surface area contributed by atoms with Crippen LogP contribution in [0.2, 0.25) is 0 Å². The molecule has 172 valence electrons. The van der Waals surface area contributed by atoms with Crippen molar-refractivity contribution in [2.24, 2.45) is 0 Å². The number of benzene rings is 1. The second-order valence-corrected chi connectivity index (χ2v) is 7.25. The number of nitrogen functional groups attached to an aromatic ring is 1. The zero-order chi connectivity index (χ0) is 23.8. The average Bonchev–Trinajstić information content (AvgIpc) is 2.79. The van der Waals surface area contributed by atoms with Crippen LogP contribution in [0.4, 0.5) is 11.6 Å². The molecule has 3 rings (SSSR count). The topological polar surface area (TPSA) is 185 Å². The van der Waals surface area contributed by atoms with Crippen LogP contribution in [0, 0.1) is 0 Å². The zero-order valence-corrected chi connectivity index (χ0v) is 18.0. The second kappa shape index (κ2) is 10.8. The molecule has 2 amide bonds. The highest BCUT2D eigenvalue weighted by molar-refractivity contribution is 5.94. The van der Waals surface area contributed by atoms with Crippen LogP contribution in [0.1, 0.15) is 35.8 Å². The molecule has 0 spiro atoms. The van der Waals surface area contributed by atoms with E-state index in [0.29, 0.717) is 30.8 Å². The molecule has 2 heterocycles. The van der Waals surface area contributed by atoms with E-state index in [4.69, 9.17) is 5.73 Å². The van der Waals surface area contributed by atoms with Gasteiger partial charge in [0.1, 0.15) is 5.78 Å². The van der Waals surface area contributed by atoms with Crippen LogP contribution >= 0.6 is 0 Å². The van der Waals surface area contributed by atoms with Crippen LogP contribution in [0.3, 0.4) is 0 Å². The van der Waals surface area contributed by atoms with Crippen LogP contribution < -0.4 is 27.2 Å². The van der Waals surface area contributed by atoms with Gasteiger partial charge in [-0.3, -0.25) is 19.2 Å². The van der Waals surface area contributed by atoms with E-state index in [2.05, 4.69) is 35.9 Å². The molecule has 0 atom stereocenters. The molecule has 12 heteroatoms. The monoisotopic (exact) mass is 452 g/mol. The number of aromatic amines is 1. The largest absolute Gasteiger partial charge is 0.379 e. The number of carbonyl (C=O) groups excluding carboxylic acids is 3. The van der Waals surface area contributed by atoms with Crippen molar-refractivity contribution in [1.29, 1.82) is 0 Å². The van der Waals surface area contributed by atoms with Crippen molar-refractivity contribution < 1.29 is 14.4 Å². The van der Waals surface area contributed by atoms with Crippen molar-refractivity contribution >= 4 is 40.4 Å². The maximum Gasteiger partial charge on any atom is 0.302 e. The molecule has 3 aromatic rings. The molecule has 12 nitrogen and oxygen atoms in total. The summed E-state index contributed by atoms with van der Waals surface area (Å²) in [7, 11) is 0. The fourth-order valence-electron chi connectivity index (χ4n) is 2.86. The van der Waals surface area contributed by atoms with Gasteiger partial charge in [0.05, 0.1) is 25.0 Å². The molecular formula is C21H24N8O4. The Morgan fingerprint density at radius 1 is 1.09 bits per heavy atom. The van der Waals surface area contributed by atoms with Gasteiger partial charge < -0.3 is 26.7 Å². The van der Waals surface area contributed by atoms with Crippen LogP contribution in [-0.4, -0.2) is 50.6 Å². The molecule has 0 radical (unpaired) electrons. The number of Topliss-reactive ketones (excluding diaryl/α,β-unsaturated/α-hetero) is 1. The molecule has 0 saturated heterocycles. The summed E-state index contributed by atoms with van der Waals surface area (Å²) in [6, 6.07) is 6.82. The van der Waals surface area contributed by atoms with E-state index in [1.807, 2.05) is 0 Å². The number of fused-ring (bicyclic) bond motifs is 1. The van der Waals surface area contributed by atoms with Gasteiger partial charge in [0.25, 0.3) is 5.91 Å². The Labute approximate surface area is 188 Å². The molecule has 6 N–H and O–H groups in total. The van der Waals surface area contributed by atoms with Crippen LogP contribution in [0.5, 0.6) is 0 Å². The van der Waals surface area contributed by atoms with Gasteiger partial charge in [-0.15, -0.1) is 0 Å². The number of hydrogen-bond donors (Lipinski definition) is 5. The number of nitrogens with zero attached hydrogens (tertiary/aromatic N) is 3. The SMILES string of the molecule is CC(=O)CNC(=O)CCCNC(=O)c1ccc(NCc2cnc3[nH]c(N)nc(=O)c3n2)cc1. The molecule has 1 aromatic carbocycles. The maximum atomic E-state index is 12.2. The van der Waals surface area contributed by atoms with E-state index in [0.717, 1.165) is 5.69 Å². The summed E-state index contributed by atoms with van der Waals surface area (Å²) in [5, 5.41) is 8.40. The minimum atomic E-state index is -0.553. The summed E-state index contributed by atoms with van der Waals surface area (Å²) in [6.07, 6.45) is 2.21. The Kier molecular flexibility index (Phi) is 7.63. The lowest BCUT2D eigenvalue weighted by molar-refractivity contribution is -0.124. The van der Waals surface area contributed by atoms with Gasteiger partial charge in [0.15, 0.2) is 11.2 Å². The van der Waals surface area contributed by atoms with Gasteiger partial charge in [-0.2, -0.15) is 4.98 Å². The number of nitrogens with two attached hydrogens (primary N) is 1. The smallest absolute Gasteiger partial charge is 0.302 e. The van der Waals surface area contributed by atoms with Gasteiger partial charge in [-0.25, -0.2) is 9.97 Å². The second-order valence-electron chi connectivity index (χ2n) is 7.25.